The lowest BCUT2D eigenvalue weighted by Crippen LogP contribution is -2.50. The van der Waals surface area contributed by atoms with Crippen LogP contribution in [0.4, 0.5) is 0 Å². The summed E-state index contributed by atoms with van der Waals surface area (Å²) in [5.74, 6) is -0.265. The largest absolute Gasteiger partial charge is 0.337 e. The number of carbonyl (C=O) groups excluding carboxylic acids is 1. The van der Waals surface area contributed by atoms with Gasteiger partial charge in [0.1, 0.15) is 6.07 Å². The van der Waals surface area contributed by atoms with E-state index in [-0.39, 0.29) is 47.4 Å². The van der Waals surface area contributed by atoms with Crippen molar-refractivity contribution < 1.29 is 21.6 Å². The maximum Gasteiger partial charge on any atom is 0.246 e. The van der Waals surface area contributed by atoms with Gasteiger partial charge < -0.3 is 4.90 Å². The van der Waals surface area contributed by atoms with Gasteiger partial charge in [-0.05, 0) is 35.9 Å². The molecule has 0 aromatic heterocycles. The SMILES string of the molecule is CCN(CC)S(=O)(=O)c1ccc(C=CC(=O)N2CCN(S(=O)(=O)c3ccccc3C#N)CC2)cc1. The molecule has 35 heavy (non-hydrogen) atoms. The molecule has 2 aromatic carbocycles. The van der Waals surface area contributed by atoms with Crippen LogP contribution in [0, 0.1) is 11.3 Å². The maximum atomic E-state index is 12.9. The van der Waals surface area contributed by atoms with Crippen LogP contribution in [-0.2, 0) is 24.8 Å². The summed E-state index contributed by atoms with van der Waals surface area (Å²) < 4.78 is 53.7. The van der Waals surface area contributed by atoms with Crippen LogP contribution < -0.4 is 0 Å². The third kappa shape index (κ3) is 5.79. The fourth-order valence-electron chi connectivity index (χ4n) is 3.81. The summed E-state index contributed by atoms with van der Waals surface area (Å²) in [6, 6.07) is 14.3. The molecule has 1 amide bonds. The molecular formula is C24H28N4O5S2. The quantitative estimate of drug-likeness (QED) is 0.496. The first-order valence-corrected chi connectivity index (χ1v) is 14.1. The van der Waals surface area contributed by atoms with E-state index in [0.29, 0.717) is 18.7 Å². The summed E-state index contributed by atoms with van der Waals surface area (Å²) >= 11 is 0. The third-order valence-electron chi connectivity index (χ3n) is 5.82. The molecule has 1 saturated heterocycles. The minimum Gasteiger partial charge on any atom is -0.337 e. The zero-order valence-corrected chi connectivity index (χ0v) is 21.3. The van der Waals surface area contributed by atoms with E-state index in [1.54, 1.807) is 49.1 Å². The Labute approximate surface area is 207 Å². The normalized spacial score (nSPS) is 15.4. The summed E-state index contributed by atoms with van der Waals surface area (Å²) in [7, 11) is -7.38. The van der Waals surface area contributed by atoms with Crippen molar-refractivity contribution in [3.05, 3.63) is 65.7 Å². The average Bonchev–Trinajstić information content (AvgIpc) is 2.88. The number of hydrogen-bond donors (Lipinski definition) is 0. The van der Waals surface area contributed by atoms with E-state index in [2.05, 4.69) is 0 Å². The second-order valence-corrected chi connectivity index (χ2v) is 11.7. The molecule has 0 saturated carbocycles. The van der Waals surface area contributed by atoms with Gasteiger partial charge in [0.05, 0.1) is 15.4 Å². The van der Waals surface area contributed by atoms with Crippen molar-refractivity contribution in [1.82, 2.24) is 13.5 Å². The molecule has 0 unspecified atom stereocenters. The number of carbonyl (C=O) groups is 1. The van der Waals surface area contributed by atoms with Gasteiger partial charge >= 0.3 is 0 Å². The molecule has 1 fully saturated rings. The monoisotopic (exact) mass is 516 g/mol. The first-order valence-electron chi connectivity index (χ1n) is 11.2. The first kappa shape index (κ1) is 26.6. The number of piperazine rings is 1. The smallest absolute Gasteiger partial charge is 0.246 e. The van der Waals surface area contributed by atoms with Gasteiger partial charge in [0.2, 0.25) is 26.0 Å². The molecule has 0 radical (unpaired) electrons. The third-order valence-corrected chi connectivity index (χ3v) is 9.84. The van der Waals surface area contributed by atoms with Crippen molar-refractivity contribution in [3.63, 3.8) is 0 Å². The summed E-state index contributed by atoms with van der Waals surface area (Å²) in [6.45, 7) is 5.02. The van der Waals surface area contributed by atoms with Crippen LogP contribution in [0.1, 0.15) is 25.0 Å². The number of rotatable bonds is 8. The maximum absolute atomic E-state index is 12.9. The van der Waals surface area contributed by atoms with Gasteiger partial charge in [-0.3, -0.25) is 4.79 Å². The van der Waals surface area contributed by atoms with Crippen LogP contribution in [0.5, 0.6) is 0 Å². The van der Waals surface area contributed by atoms with Crippen molar-refractivity contribution in [2.24, 2.45) is 0 Å². The molecule has 1 aliphatic heterocycles. The summed E-state index contributed by atoms with van der Waals surface area (Å²) in [4.78, 5) is 14.3. The van der Waals surface area contributed by atoms with Crippen LogP contribution in [0.3, 0.4) is 0 Å². The van der Waals surface area contributed by atoms with Gasteiger partial charge in [-0.1, -0.05) is 38.1 Å². The molecule has 3 rings (SSSR count). The van der Waals surface area contributed by atoms with E-state index in [0.717, 1.165) is 0 Å². The Hall–Kier alpha value is -3.04. The summed E-state index contributed by atoms with van der Waals surface area (Å²) in [5, 5.41) is 9.22. The Morgan fingerprint density at radius 1 is 0.971 bits per heavy atom. The Balaban J connectivity index is 1.62. The molecule has 0 bridgehead atoms. The van der Waals surface area contributed by atoms with Crippen molar-refractivity contribution in [2.75, 3.05) is 39.3 Å². The molecule has 0 spiro atoms. The van der Waals surface area contributed by atoms with E-state index in [1.807, 2.05) is 6.07 Å². The zero-order valence-electron chi connectivity index (χ0n) is 19.7. The molecular weight excluding hydrogens is 488 g/mol. The van der Waals surface area contributed by atoms with Crippen LogP contribution in [-0.4, -0.2) is 75.5 Å². The number of sulfonamides is 2. The molecule has 2 aromatic rings. The predicted molar refractivity (Wildman–Crippen MR) is 132 cm³/mol. The summed E-state index contributed by atoms with van der Waals surface area (Å²) in [6.07, 6.45) is 2.99. The Morgan fingerprint density at radius 2 is 1.57 bits per heavy atom. The molecule has 1 heterocycles. The fraction of sp³-hybridized carbons (Fsp3) is 0.333. The predicted octanol–water partition coefficient (Wildman–Crippen LogP) is 2.14. The van der Waals surface area contributed by atoms with Gasteiger partial charge in [0, 0.05) is 45.3 Å². The Bertz CT molecular complexity index is 1340. The first-order chi connectivity index (χ1) is 16.6. The molecule has 0 N–H and O–H groups in total. The van der Waals surface area contributed by atoms with Gasteiger partial charge in [0.25, 0.3) is 0 Å². The lowest BCUT2D eigenvalue weighted by molar-refractivity contribution is -0.127. The Morgan fingerprint density at radius 3 is 2.14 bits per heavy atom. The minimum absolute atomic E-state index is 0.0337. The highest BCUT2D eigenvalue weighted by Gasteiger charge is 2.31. The molecule has 186 valence electrons. The second-order valence-electron chi connectivity index (χ2n) is 7.83. The van der Waals surface area contributed by atoms with E-state index in [9.17, 15) is 26.9 Å². The van der Waals surface area contributed by atoms with E-state index in [1.165, 1.54) is 39.0 Å². The number of amides is 1. The highest BCUT2D eigenvalue weighted by Crippen LogP contribution is 2.21. The van der Waals surface area contributed by atoms with Crippen molar-refractivity contribution in [2.45, 2.75) is 23.6 Å². The van der Waals surface area contributed by atoms with Gasteiger partial charge in [-0.25, -0.2) is 16.8 Å². The van der Waals surface area contributed by atoms with Crippen LogP contribution in [0.25, 0.3) is 6.08 Å². The van der Waals surface area contributed by atoms with Gasteiger partial charge in [-0.15, -0.1) is 0 Å². The van der Waals surface area contributed by atoms with Gasteiger partial charge in [-0.2, -0.15) is 13.9 Å². The number of nitrogens with zero attached hydrogens (tertiary/aromatic N) is 4. The van der Waals surface area contributed by atoms with Gasteiger partial charge in [0.15, 0.2) is 0 Å². The van der Waals surface area contributed by atoms with Crippen LogP contribution in [0.15, 0.2) is 64.4 Å². The van der Waals surface area contributed by atoms with Crippen LogP contribution in [0.2, 0.25) is 0 Å². The summed E-state index contributed by atoms with van der Waals surface area (Å²) in [5.41, 5.74) is 0.760. The minimum atomic E-state index is -3.83. The average molecular weight is 517 g/mol. The fourth-order valence-corrected chi connectivity index (χ4v) is 6.83. The topological polar surface area (TPSA) is 119 Å². The molecule has 0 atom stereocenters. The standard InChI is InChI=1S/C24H28N4O5S2/c1-3-27(4-2)34(30,31)22-12-9-20(10-13-22)11-14-24(29)26-15-17-28(18-16-26)35(32,33)23-8-6-5-7-21(23)19-25/h5-14H,3-4,15-18H2,1-2H3. The lowest BCUT2D eigenvalue weighted by atomic mass is 10.2. The molecule has 11 heteroatoms. The van der Waals surface area contributed by atoms with Crippen molar-refractivity contribution in [3.8, 4) is 6.07 Å². The van der Waals surface area contributed by atoms with Crippen LogP contribution >= 0.6 is 0 Å². The second kappa shape index (κ2) is 11.1. The van der Waals surface area contributed by atoms with E-state index >= 15 is 0 Å². The highest BCUT2D eigenvalue weighted by atomic mass is 32.2. The Kier molecular flexibility index (Phi) is 8.45. The lowest BCUT2D eigenvalue weighted by Gasteiger charge is -2.33. The highest BCUT2D eigenvalue weighted by molar-refractivity contribution is 7.89. The van der Waals surface area contributed by atoms with Crippen molar-refractivity contribution in [1.29, 1.82) is 5.26 Å². The van der Waals surface area contributed by atoms with Crippen molar-refractivity contribution >= 4 is 32.0 Å². The van der Waals surface area contributed by atoms with E-state index < -0.39 is 20.0 Å². The zero-order chi connectivity index (χ0) is 25.6. The van der Waals surface area contributed by atoms with E-state index in [4.69, 9.17) is 0 Å². The number of hydrogen-bond acceptors (Lipinski definition) is 6. The number of nitriles is 1. The molecule has 0 aliphatic carbocycles. The molecule has 1 aliphatic rings. The number of benzene rings is 2. The molecule has 9 nitrogen and oxygen atoms in total.